The van der Waals surface area contributed by atoms with E-state index in [9.17, 15) is 32.3 Å². The van der Waals surface area contributed by atoms with Gasteiger partial charge in [0.05, 0.1) is 29.2 Å². The minimum Gasteiger partial charge on any atom is -0.405 e. The number of fused-ring (bicyclic) bond motifs is 1. The smallest absolute Gasteiger partial charge is 0.405 e. The van der Waals surface area contributed by atoms with E-state index in [-0.39, 0.29) is 80.1 Å². The van der Waals surface area contributed by atoms with Gasteiger partial charge in [0.2, 0.25) is 11.8 Å². The predicted molar refractivity (Wildman–Crippen MR) is 188 cm³/mol. The number of piperazine rings is 1. The van der Waals surface area contributed by atoms with E-state index >= 15 is 13.2 Å². The molecule has 3 fully saturated rings. The molecule has 55 heavy (non-hydrogen) atoms. The highest BCUT2D eigenvalue weighted by Crippen LogP contribution is 2.37. The number of likely N-dealkylation sites (tertiary alicyclic amines) is 1. The Morgan fingerprint density at radius 3 is 2.44 bits per heavy atom. The third kappa shape index (κ3) is 7.81. The maximum atomic E-state index is 15.8. The van der Waals surface area contributed by atoms with Crippen molar-refractivity contribution in [3.63, 3.8) is 0 Å². The van der Waals surface area contributed by atoms with Gasteiger partial charge < -0.3 is 24.4 Å². The summed E-state index contributed by atoms with van der Waals surface area (Å²) in [6, 6.07) is 7.38. The van der Waals surface area contributed by atoms with E-state index in [2.05, 4.69) is 20.4 Å². The van der Waals surface area contributed by atoms with Crippen molar-refractivity contribution in [3.8, 4) is 16.9 Å². The van der Waals surface area contributed by atoms with Crippen LogP contribution in [0, 0.1) is 5.82 Å². The molecule has 2 unspecified atom stereocenters. The van der Waals surface area contributed by atoms with E-state index in [1.54, 1.807) is 15.9 Å². The van der Waals surface area contributed by atoms with Crippen molar-refractivity contribution in [2.45, 2.75) is 43.6 Å². The molecule has 18 heteroatoms. The Balaban J connectivity index is 1.02. The summed E-state index contributed by atoms with van der Waals surface area (Å²) in [5.74, 6) is -6.82. The SMILES string of the molecule is Cn1cc(-c2ccc(C(=O)N3CCC(N4CCN(c5ccc(NC6CCC(=O)NC6=O)cc5F)CC4)C(F)(F)C3)c(OC(F)(F)F)c2)c2ccncc2c1=O. The van der Waals surface area contributed by atoms with Crippen LogP contribution >= 0.6 is 0 Å². The summed E-state index contributed by atoms with van der Waals surface area (Å²) < 4.78 is 93.2. The highest BCUT2D eigenvalue weighted by atomic mass is 19.4. The van der Waals surface area contributed by atoms with Gasteiger partial charge in [0.1, 0.15) is 17.6 Å². The van der Waals surface area contributed by atoms with Gasteiger partial charge in [0.25, 0.3) is 17.4 Å². The fraction of sp³-hybridized carbons (Fsp3) is 0.378. The van der Waals surface area contributed by atoms with E-state index in [1.165, 1.54) is 54.5 Å². The van der Waals surface area contributed by atoms with Gasteiger partial charge in [-0.2, -0.15) is 0 Å². The van der Waals surface area contributed by atoms with Crippen molar-refractivity contribution in [3.05, 3.63) is 82.8 Å². The van der Waals surface area contributed by atoms with Crippen molar-refractivity contribution in [1.29, 1.82) is 0 Å². The van der Waals surface area contributed by atoms with Crippen molar-refractivity contribution >= 4 is 39.9 Å². The van der Waals surface area contributed by atoms with E-state index in [0.717, 1.165) is 17.0 Å². The highest BCUT2D eigenvalue weighted by Gasteiger charge is 2.49. The Labute approximate surface area is 309 Å². The lowest BCUT2D eigenvalue weighted by molar-refractivity contribution is -0.274. The van der Waals surface area contributed by atoms with E-state index in [4.69, 9.17) is 0 Å². The third-order valence-corrected chi connectivity index (χ3v) is 10.2. The van der Waals surface area contributed by atoms with Crippen LogP contribution in [0.25, 0.3) is 21.9 Å². The zero-order chi connectivity index (χ0) is 39.2. The number of halogens is 6. The van der Waals surface area contributed by atoms with Gasteiger partial charge in [-0.25, -0.2) is 13.2 Å². The first-order valence-electron chi connectivity index (χ1n) is 17.5. The van der Waals surface area contributed by atoms with E-state index < -0.39 is 59.9 Å². The molecule has 0 spiro atoms. The number of benzene rings is 2. The highest BCUT2D eigenvalue weighted by molar-refractivity contribution is 6.02. The second kappa shape index (κ2) is 14.5. The normalized spacial score (nSPS) is 20.7. The number of nitrogens with one attached hydrogen (secondary N) is 2. The molecule has 3 saturated heterocycles. The second-order valence-electron chi connectivity index (χ2n) is 13.8. The maximum Gasteiger partial charge on any atom is 0.573 e. The average molecular weight is 772 g/mol. The lowest BCUT2D eigenvalue weighted by atomic mass is 9.96. The van der Waals surface area contributed by atoms with Crippen LogP contribution in [0.3, 0.4) is 0 Å². The number of alkyl halides is 5. The Morgan fingerprint density at radius 1 is 0.982 bits per heavy atom. The average Bonchev–Trinajstić information content (AvgIpc) is 3.13. The summed E-state index contributed by atoms with van der Waals surface area (Å²) in [6.07, 6.45) is -0.763. The molecule has 4 aromatic rings. The summed E-state index contributed by atoms with van der Waals surface area (Å²) in [5.41, 5.74) is 0.215. The van der Waals surface area contributed by atoms with Crippen LogP contribution in [0.2, 0.25) is 0 Å². The standard InChI is InChI=1S/C37H35F6N7O5/c1-47-19-26(23-8-10-44-18-25(23)34(47)53)21-2-4-24(30(16-21)55-37(41,42)43)35(54)50-11-9-31(36(39,40)20-50)49-14-12-48(13-15-49)29-6-3-22(17-27(29)38)45-28-5-7-32(51)46-33(28)52/h2-4,6,8,10,16-19,28,31,45H,5,7,9,11-15,20H2,1H3,(H,46,51,52). The maximum absolute atomic E-state index is 15.8. The lowest BCUT2D eigenvalue weighted by Gasteiger charge is -2.46. The van der Waals surface area contributed by atoms with E-state index in [0.29, 0.717) is 16.6 Å². The molecule has 2 aromatic heterocycles. The molecular formula is C37H35F6N7O5. The van der Waals surface area contributed by atoms with Crippen LogP contribution in [-0.4, -0.2) is 101 Å². The Bertz CT molecular complexity index is 2220. The Kier molecular flexibility index (Phi) is 9.95. The number of piperidine rings is 2. The predicted octanol–water partition coefficient (Wildman–Crippen LogP) is 4.53. The van der Waals surface area contributed by atoms with Crippen molar-refractivity contribution in [1.82, 2.24) is 24.7 Å². The Hall–Kier alpha value is -5.65. The molecule has 2 aromatic carbocycles. The number of aryl methyl sites for hydroxylation is 1. The molecule has 0 radical (unpaired) electrons. The minimum absolute atomic E-state index is 0.158. The molecular weight excluding hydrogens is 736 g/mol. The van der Waals surface area contributed by atoms with Gasteiger partial charge in [-0.15, -0.1) is 13.2 Å². The molecule has 12 nitrogen and oxygen atoms in total. The molecule has 5 heterocycles. The molecule has 290 valence electrons. The molecule has 3 aliphatic heterocycles. The number of hydrogen-bond acceptors (Lipinski definition) is 9. The molecule has 2 N–H and O–H groups in total. The number of hydrogen-bond donors (Lipinski definition) is 2. The van der Waals surface area contributed by atoms with Crippen molar-refractivity contribution in [2.75, 3.05) is 49.5 Å². The Morgan fingerprint density at radius 2 is 1.75 bits per heavy atom. The van der Waals surface area contributed by atoms with Crippen LogP contribution in [0.15, 0.2) is 65.8 Å². The van der Waals surface area contributed by atoms with Gasteiger partial charge in [0, 0.05) is 76.0 Å². The largest absolute Gasteiger partial charge is 0.573 e. The van der Waals surface area contributed by atoms with Crippen molar-refractivity contribution < 1.29 is 45.5 Å². The van der Waals surface area contributed by atoms with Gasteiger partial charge >= 0.3 is 6.36 Å². The van der Waals surface area contributed by atoms with Crippen LogP contribution in [0.4, 0.5) is 37.7 Å². The molecule has 2 atom stereocenters. The first-order chi connectivity index (χ1) is 26.1. The van der Waals surface area contributed by atoms with Crippen LogP contribution < -0.4 is 25.8 Å². The summed E-state index contributed by atoms with van der Waals surface area (Å²) in [6.45, 7) is -0.453. The van der Waals surface area contributed by atoms with E-state index in [1.807, 2.05) is 0 Å². The lowest BCUT2D eigenvalue weighted by Crippen LogP contribution is -2.62. The molecule has 0 aliphatic carbocycles. The number of amides is 3. The number of pyridine rings is 2. The zero-order valence-corrected chi connectivity index (χ0v) is 29.3. The van der Waals surface area contributed by atoms with Crippen LogP contribution in [0.1, 0.15) is 29.6 Å². The molecule has 0 saturated carbocycles. The first-order valence-corrected chi connectivity index (χ1v) is 17.5. The number of carbonyl (C=O) groups excluding carboxylic acids is 3. The number of rotatable bonds is 7. The summed E-state index contributed by atoms with van der Waals surface area (Å²) in [7, 11) is 1.47. The van der Waals surface area contributed by atoms with Crippen LogP contribution in [-0.2, 0) is 16.6 Å². The summed E-state index contributed by atoms with van der Waals surface area (Å²) in [4.78, 5) is 57.8. The van der Waals surface area contributed by atoms with Gasteiger partial charge in [-0.05, 0) is 60.2 Å². The summed E-state index contributed by atoms with van der Waals surface area (Å²) >= 11 is 0. The number of anilines is 2. The van der Waals surface area contributed by atoms with Gasteiger partial charge in [-0.1, -0.05) is 6.07 Å². The topological polar surface area (TPSA) is 129 Å². The summed E-state index contributed by atoms with van der Waals surface area (Å²) in [5, 5.41) is 5.77. The van der Waals surface area contributed by atoms with Crippen molar-refractivity contribution in [2.24, 2.45) is 7.05 Å². The number of nitrogens with zero attached hydrogens (tertiary/aromatic N) is 5. The first kappa shape index (κ1) is 37.7. The number of aromatic nitrogens is 2. The molecule has 3 aliphatic rings. The van der Waals surface area contributed by atoms with Gasteiger partial charge in [0.15, 0.2) is 0 Å². The monoisotopic (exact) mass is 771 g/mol. The number of imide groups is 1. The third-order valence-electron chi connectivity index (χ3n) is 10.2. The molecule has 7 rings (SSSR count). The number of carbonyl (C=O) groups is 3. The minimum atomic E-state index is -5.21. The number of ether oxygens (including phenoxy) is 1. The fourth-order valence-electron chi connectivity index (χ4n) is 7.50. The van der Waals surface area contributed by atoms with Crippen LogP contribution in [0.5, 0.6) is 5.75 Å². The zero-order valence-electron chi connectivity index (χ0n) is 29.3. The molecule has 0 bridgehead atoms. The fourth-order valence-corrected chi connectivity index (χ4v) is 7.50. The molecule has 3 amide bonds. The second-order valence-corrected chi connectivity index (χ2v) is 13.8. The quantitative estimate of drug-likeness (QED) is 0.206. The van der Waals surface area contributed by atoms with Gasteiger partial charge in [-0.3, -0.25) is 34.4 Å².